The van der Waals surface area contributed by atoms with E-state index in [1.165, 1.54) is 13.5 Å². The molecule has 14 heavy (non-hydrogen) atoms. The smallest absolute Gasteiger partial charge is 0.348 e. The van der Waals surface area contributed by atoms with Crippen molar-refractivity contribution < 1.29 is 9.53 Å². The first-order chi connectivity index (χ1) is 6.77. The van der Waals surface area contributed by atoms with Crippen LogP contribution in [0.15, 0.2) is 11.1 Å². The molecule has 3 heteroatoms. The summed E-state index contributed by atoms with van der Waals surface area (Å²) in [4.78, 5) is 11.3. The molecule has 0 bridgehead atoms. The Morgan fingerprint density at radius 3 is 3.07 bits per heavy atom. The van der Waals surface area contributed by atoms with Gasteiger partial charge in [0, 0.05) is 0 Å². The fourth-order valence-electron chi connectivity index (χ4n) is 2.39. The predicted octanol–water partition coefficient (Wildman–Crippen LogP) is 1.80. The predicted molar refractivity (Wildman–Crippen MR) is 50.1 cm³/mol. The molecule has 2 saturated carbocycles. The number of allylic oxidation sites excluding steroid dienone is 1. The Morgan fingerprint density at radius 1 is 1.64 bits per heavy atom. The number of rotatable bonds is 1. The topological polar surface area (TPSA) is 50.1 Å². The van der Waals surface area contributed by atoms with Crippen molar-refractivity contribution in [2.24, 2.45) is 11.8 Å². The van der Waals surface area contributed by atoms with Crippen LogP contribution in [0.3, 0.4) is 0 Å². The van der Waals surface area contributed by atoms with Crippen molar-refractivity contribution >= 4 is 5.97 Å². The second-order valence-corrected chi connectivity index (χ2v) is 4.00. The van der Waals surface area contributed by atoms with Gasteiger partial charge in [-0.25, -0.2) is 4.79 Å². The summed E-state index contributed by atoms with van der Waals surface area (Å²) >= 11 is 0. The number of hydrogen-bond donors (Lipinski definition) is 0. The minimum Gasteiger partial charge on any atom is -0.465 e. The maximum Gasteiger partial charge on any atom is 0.348 e. The zero-order chi connectivity index (χ0) is 10.1. The van der Waals surface area contributed by atoms with E-state index in [2.05, 4.69) is 4.74 Å². The maximum absolute atomic E-state index is 11.3. The second kappa shape index (κ2) is 3.45. The number of fused-ring (bicyclic) bond motifs is 1. The van der Waals surface area contributed by atoms with Crippen LogP contribution in [0.1, 0.15) is 25.7 Å². The van der Waals surface area contributed by atoms with Crippen LogP contribution >= 0.6 is 0 Å². The van der Waals surface area contributed by atoms with E-state index in [0.29, 0.717) is 5.92 Å². The Kier molecular flexibility index (Phi) is 2.28. The van der Waals surface area contributed by atoms with E-state index in [9.17, 15) is 4.79 Å². The third-order valence-electron chi connectivity index (χ3n) is 3.21. The van der Waals surface area contributed by atoms with E-state index >= 15 is 0 Å². The van der Waals surface area contributed by atoms with Crippen molar-refractivity contribution in [3.05, 3.63) is 11.1 Å². The highest BCUT2D eigenvalue weighted by molar-refractivity contribution is 5.93. The first-order valence-corrected chi connectivity index (χ1v) is 4.99. The van der Waals surface area contributed by atoms with Crippen molar-refractivity contribution in [2.75, 3.05) is 7.11 Å². The lowest BCUT2D eigenvalue weighted by atomic mass is 9.91. The summed E-state index contributed by atoms with van der Waals surface area (Å²) < 4.78 is 4.60. The zero-order valence-electron chi connectivity index (χ0n) is 8.25. The van der Waals surface area contributed by atoms with E-state index < -0.39 is 5.97 Å². The van der Waals surface area contributed by atoms with Crippen molar-refractivity contribution in [3.63, 3.8) is 0 Å². The third kappa shape index (κ3) is 1.41. The van der Waals surface area contributed by atoms with Gasteiger partial charge in [0.15, 0.2) is 0 Å². The van der Waals surface area contributed by atoms with Crippen LogP contribution in [0.4, 0.5) is 0 Å². The lowest BCUT2D eigenvalue weighted by Crippen LogP contribution is -2.10. The number of nitriles is 1. The number of nitrogens with zero attached hydrogens (tertiary/aromatic N) is 1. The standard InChI is InChI=1S/C11H13NO2/c1-14-11(13)10(6-12)8-4-2-3-7-5-9(7)8/h7,9H,2-5H2,1H3/b10-8-. The second-order valence-electron chi connectivity index (χ2n) is 4.00. The molecule has 0 aromatic heterocycles. The van der Waals surface area contributed by atoms with E-state index in [0.717, 1.165) is 30.8 Å². The summed E-state index contributed by atoms with van der Waals surface area (Å²) in [6.07, 6.45) is 4.43. The molecule has 0 N–H and O–H groups in total. The van der Waals surface area contributed by atoms with Gasteiger partial charge in [-0.2, -0.15) is 5.26 Å². The SMILES string of the molecule is COC(=O)/C(C#N)=C1/CCCC2CC12. The summed E-state index contributed by atoms with van der Waals surface area (Å²) in [6, 6.07) is 1.98. The number of methoxy groups -OCH3 is 1. The van der Waals surface area contributed by atoms with Gasteiger partial charge in [0.1, 0.15) is 11.6 Å². The zero-order valence-corrected chi connectivity index (χ0v) is 8.25. The molecule has 0 aromatic rings. The molecule has 0 radical (unpaired) electrons. The average molecular weight is 191 g/mol. The maximum atomic E-state index is 11.3. The van der Waals surface area contributed by atoms with Crippen LogP contribution in [0.5, 0.6) is 0 Å². The number of carbonyl (C=O) groups excluding carboxylic acids is 1. The van der Waals surface area contributed by atoms with Gasteiger partial charge in [0.05, 0.1) is 7.11 Å². The minimum absolute atomic E-state index is 0.264. The third-order valence-corrected chi connectivity index (χ3v) is 3.21. The molecular weight excluding hydrogens is 178 g/mol. The fourth-order valence-corrected chi connectivity index (χ4v) is 2.39. The molecule has 2 atom stereocenters. The van der Waals surface area contributed by atoms with Crippen LogP contribution < -0.4 is 0 Å². The largest absolute Gasteiger partial charge is 0.465 e. The van der Waals surface area contributed by atoms with Crippen molar-refractivity contribution in [2.45, 2.75) is 25.7 Å². The molecule has 0 heterocycles. The van der Waals surface area contributed by atoms with Crippen LogP contribution in [0.25, 0.3) is 0 Å². The van der Waals surface area contributed by atoms with Gasteiger partial charge in [-0.15, -0.1) is 0 Å². The lowest BCUT2D eigenvalue weighted by Gasteiger charge is -2.13. The van der Waals surface area contributed by atoms with Crippen molar-refractivity contribution in [3.8, 4) is 6.07 Å². The van der Waals surface area contributed by atoms with Gasteiger partial charge in [-0.3, -0.25) is 0 Å². The van der Waals surface area contributed by atoms with Crippen LogP contribution in [-0.2, 0) is 9.53 Å². The summed E-state index contributed by atoms with van der Waals surface area (Å²) in [5, 5.41) is 8.91. The molecule has 2 aliphatic carbocycles. The molecule has 2 fully saturated rings. The van der Waals surface area contributed by atoms with Gasteiger partial charge in [0.25, 0.3) is 0 Å². The Hall–Kier alpha value is -1.30. The molecule has 2 aliphatic rings. The monoisotopic (exact) mass is 191 g/mol. The molecule has 0 saturated heterocycles. The summed E-state index contributed by atoms with van der Waals surface area (Å²) in [7, 11) is 1.33. The Morgan fingerprint density at radius 2 is 2.43 bits per heavy atom. The first kappa shape index (κ1) is 9.26. The molecule has 3 nitrogen and oxygen atoms in total. The van der Waals surface area contributed by atoms with Crippen LogP contribution in [0, 0.1) is 23.2 Å². The summed E-state index contributed by atoms with van der Waals surface area (Å²) in [5.41, 5.74) is 1.32. The van der Waals surface area contributed by atoms with Gasteiger partial charge in [0.2, 0.25) is 0 Å². The van der Waals surface area contributed by atoms with E-state index in [4.69, 9.17) is 5.26 Å². The number of hydrogen-bond acceptors (Lipinski definition) is 3. The molecule has 0 aliphatic heterocycles. The van der Waals surface area contributed by atoms with E-state index in [1.807, 2.05) is 6.07 Å². The number of ether oxygens (including phenoxy) is 1. The Balaban J connectivity index is 2.27. The summed E-state index contributed by atoms with van der Waals surface area (Å²) in [5.74, 6) is 0.791. The lowest BCUT2D eigenvalue weighted by molar-refractivity contribution is -0.135. The molecule has 2 rings (SSSR count). The van der Waals surface area contributed by atoms with Gasteiger partial charge < -0.3 is 4.74 Å². The molecular formula is C11H13NO2. The average Bonchev–Trinajstić information content (AvgIpc) is 2.98. The van der Waals surface area contributed by atoms with Gasteiger partial charge in [-0.1, -0.05) is 0 Å². The fraction of sp³-hybridized carbons (Fsp3) is 0.636. The first-order valence-electron chi connectivity index (χ1n) is 4.99. The van der Waals surface area contributed by atoms with E-state index in [1.54, 1.807) is 0 Å². The molecule has 0 spiro atoms. The Bertz CT molecular complexity index is 338. The highest BCUT2D eigenvalue weighted by atomic mass is 16.5. The molecule has 0 amide bonds. The molecule has 2 unspecified atom stereocenters. The summed E-state index contributed by atoms with van der Waals surface area (Å²) in [6.45, 7) is 0. The number of carbonyl (C=O) groups is 1. The minimum atomic E-state index is -0.463. The highest BCUT2D eigenvalue weighted by Gasteiger charge is 2.44. The van der Waals surface area contributed by atoms with Gasteiger partial charge >= 0.3 is 5.97 Å². The van der Waals surface area contributed by atoms with Crippen LogP contribution in [-0.4, -0.2) is 13.1 Å². The number of esters is 1. The van der Waals surface area contributed by atoms with Crippen molar-refractivity contribution in [1.82, 2.24) is 0 Å². The van der Waals surface area contributed by atoms with E-state index in [-0.39, 0.29) is 5.57 Å². The Labute approximate surface area is 83.4 Å². The van der Waals surface area contributed by atoms with Crippen molar-refractivity contribution in [1.29, 1.82) is 5.26 Å². The van der Waals surface area contributed by atoms with Gasteiger partial charge in [-0.05, 0) is 43.1 Å². The highest BCUT2D eigenvalue weighted by Crippen LogP contribution is 2.53. The van der Waals surface area contributed by atoms with Crippen LogP contribution in [0.2, 0.25) is 0 Å². The normalized spacial score (nSPS) is 32.6. The molecule has 0 aromatic carbocycles. The molecule has 74 valence electrons. The quantitative estimate of drug-likeness (QED) is 0.361.